The first kappa shape index (κ1) is 10.9. The molecule has 1 rings (SSSR count). The van der Waals surface area contributed by atoms with E-state index in [0.717, 1.165) is 0 Å². The van der Waals surface area contributed by atoms with Gasteiger partial charge in [-0.1, -0.05) is 6.07 Å². The Kier molecular flexibility index (Phi) is 4.15. The molecule has 0 aromatic carbocycles. The van der Waals surface area contributed by atoms with Crippen molar-refractivity contribution >= 4 is 31.9 Å². The van der Waals surface area contributed by atoms with Gasteiger partial charge in [-0.25, -0.2) is 4.98 Å². The molecule has 1 heterocycles. The number of nitrogens with zero attached hydrogens (tertiary/aromatic N) is 1. The summed E-state index contributed by atoms with van der Waals surface area (Å²) in [5, 5.41) is 0. The molecule has 13 heavy (non-hydrogen) atoms. The fourth-order valence-electron chi connectivity index (χ4n) is 0.758. The molecule has 0 aliphatic carbocycles. The van der Waals surface area contributed by atoms with Gasteiger partial charge in [0.25, 0.3) is 0 Å². The minimum Gasteiger partial charge on any atom is -0.447 e. The van der Waals surface area contributed by atoms with E-state index in [2.05, 4.69) is 36.8 Å². The molecule has 0 saturated carbocycles. The molecular weight excluding hydrogens is 302 g/mol. The number of alkyl halides is 2. The Labute approximate surface area is 93.7 Å². The first-order valence-electron chi connectivity index (χ1n) is 3.61. The van der Waals surface area contributed by atoms with E-state index in [-0.39, 0.29) is 0 Å². The van der Waals surface area contributed by atoms with Gasteiger partial charge in [-0.05, 0) is 37.9 Å². The molecule has 0 bridgehead atoms. The van der Waals surface area contributed by atoms with Crippen LogP contribution in [0.2, 0.25) is 0 Å². The summed E-state index contributed by atoms with van der Waals surface area (Å²) in [5.41, 5.74) is 0. The summed E-state index contributed by atoms with van der Waals surface area (Å²) in [5.74, 6) is 0.535. The van der Waals surface area contributed by atoms with Crippen molar-refractivity contribution in [1.82, 2.24) is 4.98 Å². The molecule has 1 aromatic heterocycles. The third-order valence-corrected chi connectivity index (χ3v) is 1.99. The van der Waals surface area contributed by atoms with E-state index in [0.29, 0.717) is 12.5 Å². The van der Waals surface area contributed by atoms with Crippen molar-refractivity contribution in [2.45, 2.75) is 3.42 Å². The van der Waals surface area contributed by atoms with E-state index in [9.17, 15) is 0 Å². The molecule has 0 aliphatic rings. The van der Waals surface area contributed by atoms with Gasteiger partial charge in [0, 0.05) is 19.4 Å². The lowest BCUT2D eigenvalue weighted by atomic mass is 10.5. The van der Waals surface area contributed by atoms with Crippen LogP contribution >= 0.6 is 31.9 Å². The molecule has 1 aromatic rings. The van der Waals surface area contributed by atoms with Crippen LogP contribution in [0.15, 0.2) is 24.4 Å². The van der Waals surface area contributed by atoms with Crippen LogP contribution in [0.4, 0.5) is 0 Å². The van der Waals surface area contributed by atoms with E-state index in [4.69, 9.17) is 9.47 Å². The summed E-state index contributed by atoms with van der Waals surface area (Å²) in [6, 6.07) is 5.45. The molecule has 0 spiro atoms. The lowest BCUT2D eigenvalue weighted by Gasteiger charge is -2.20. The summed E-state index contributed by atoms with van der Waals surface area (Å²) in [6.07, 6.45) is 1.66. The SMILES string of the molecule is COCC(Br)(Br)Oc1ccccn1. The third kappa shape index (κ3) is 4.06. The van der Waals surface area contributed by atoms with Crippen molar-refractivity contribution in [1.29, 1.82) is 0 Å². The first-order chi connectivity index (χ1) is 6.14. The highest BCUT2D eigenvalue weighted by Crippen LogP contribution is 2.28. The molecule has 0 unspecified atom stereocenters. The van der Waals surface area contributed by atoms with Crippen molar-refractivity contribution in [2.75, 3.05) is 13.7 Å². The van der Waals surface area contributed by atoms with Gasteiger partial charge < -0.3 is 9.47 Å². The predicted molar refractivity (Wildman–Crippen MR) is 57.3 cm³/mol. The highest BCUT2D eigenvalue weighted by Gasteiger charge is 2.24. The predicted octanol–water partition coefficient (Wildman–Crippen LogP) is 2.55. The van der Waals surface area contributed by atoms with Crippen LogP contribution in [0.25, 0.3) is 0 Å². The topological polar surface area (TPSA) is 31.4 Å². The fraction of sp³-hybridized carbons (Fsp3) is 0.375. The number of hydrogen-bond donors (Lipinski definition) is 0. The van der Waals surface area contributed by atoms with Gasteiger partial charge in [-0.15, -0.1) is 0 Å². The Morgan fingerprint density at radius 2 is 2.23 bits per heavy atom. The van der Waals surface area contributed by atoms with Crippen LogP contribution in [0.5, 0.6) is 5.88 Å². The van der Waals surface area contributed by atoms with Crippen molar-refractivity contribution in [2.24, 2.45) is 0 Å². The maximum atomic E-state index is 5.44. The molecule has 0 aliphatic heterocycles. The van der Waals surface area contributed by atoms with Crippen LogP contribution in [-0.4, -0.2) is 22.1 Å². The van der Waals surface area contributed by atoms with E-state index in [1.54, 1.807) is 19.4 Å². The van der Waals surface area contributed by atoms with Crippen LogP contribution in [0.1, 0.15) is 0 Å². The number of pyridine rings is 1. The molecule has 0 radical (unpaired) electrons. The van der Waals surface area contributed by atoms with Gasteiger partial charge in [0.1, 0.15) is 6.61 Å². The molecule has 72 valence electrons. The molecular formula is C8H9Br2NO2. The standard InChI is InChI=1S/C8H9Br2NO2/c1-12-6-8(9,10)13-7-4-2-3-5-11-7/h2-5H,6H2,1H3. The van der Waals surface area contributed by atoms with E-state index < -0.39 is 3.42 Å². The zero-order chi connectivity index (χ0) is 9.73. The average Bonchev–Trinajstić information content (AvgIpc) is 2.04. The number of methoxy groups -OCH3 is 1. The summed E-state index contributed by atoms with van der Waals surface area (Å²) < 4.78 is 9.67. The molecule has 0 saturated heterocycles. The highest BCUT2D eigenvalue weighted by atomic mass is 79.9. The minimum atomic E-state index is -0.705. The van der Waals surface area contributed by atoms with Crippen molar-refractivity contribution < 1.29 is 9.47 Å². The van der Waals surface area contributed by atoms with Gasteiger partial charge in [0.05, 0.1) is 0 Å². The van der Waals surface area contributed by atoms with Crippen LogP contribution in [-0.2, 0) is 4.74 Å². The number of rotatable bonds is 4. The summed E-state index contributed by atoms with van der Waals surface area (Å²) >= 11 is 6.62. The quantitative estimate of drug-likeness (QED) is 0.801. The Bertz CT molecular complexity index is 254. The van der Waals surface area contributed by atoms with Crippen LogP contribution in [0, 0.1) is 0 Å². The molecule has 0 fully saturated rings. The molecule has 0 amide bonds. The van der Waals surface area contributed by atoms with Crippen LogP contribution < -0.4 is 4.74 Å². The van der Waals surface area contributed by atoms with E-state index in [1.165, 1.54) is 0 Å². The Balaban J connectivity index is 2.58. The fourth-order valence-corrected chi connectivity index (χ4v) is 1.55. The van der Waals surface area contributed by atoms with E-state index >= 15 is 0 Å². The third-order valence-electron chi connectivity index (χ3n) is 1.20. The van der Waals surface area contributed by atoms with Crippen LogP contribution in [0.3, 0.4) is 0 Å². The van der Waals surface area contributed by atoms with Gasteiger partial charge >= 0.3 is 0 Å². The molecule has 0 N–H and O–H groups in total. The van der Waals surface area contributed by atoms with Crippen molar-refractivity contribution in [3.05, 3.63) is 24.4 Å². The summed E-state index contributed by atoms with van der Waals surface area (Å²) in [7, 11) is 1.60. The Morgan fingerprint density at radius 1 is 1.46 bits per heavy atom. The monoisotopic (exact) mass is 309 g/mol. The number of ether oxygens (including phenoxy) is 2. The maximum Gasteiger partial charge on any atom is 0.242 e. The smallest absolute Gasteiger partial charge is 0.242 e. The zero-order valence-corrected chi connectivity index (χ0v) is 10.2. The number of hydrogen-bond acceptors (Lipinski definition) is 3. The van der Waals surface area contributed by atoms with Gasteiger partial charge in [0.15, 0.2) is 0 Å². The second-order valence-corrected chi connectivity index (χ2v) is 5.97. The normalized spacial score (nSPS) is 11.3. The summed E-state index contributed by atoms with van der Waals surface area (Å²) in [6.45, 7) is 0.379. The van der Waals surface area contributed by atoms with Crippen molar-refractivity contribution in [3.63, 3.8) is 0 Å². The second kappa shape index (κ2) is 4.93. The minimum absolute atomic E-state index is 0.379. The lowest BCUT2D eigenvalue weighted by molar-refractivity contribution is 0.115. The largest absolute Gasteiger partial charge is 0.447 e. The van der Waals surface area contributed by atoms with Crippen molar-refractivity contribution in [3.8, 4) is 5.88 Å². The lowest BCUT2D eigenvalue weighted by Crippen LogP contribution is -2.26. The maximum absolute atomic E-state index is 5.44. The molecule has 5 heteroatoms. The summed E-state index contributed by atoms with van der Waals surface area (Å²) in [4.78, 5) is 4.01. The average molecular weight is 311 g/mol. The second-order valence-electron chi connectivity index (χ2n) is 2.34. The number of aromatic nitrogens is 1. The molecule has 3 nitrogen and oxygen atoms in total. The number of halogens is 2. The molecule has 0 atom stereocenters. The van der Waals surface area contributed by atoms with Gasteiger partial charge in [-0.2, -0.15) is 0 Å². The van der Waals surface area contributed by atoms with Gasteiger partial charge in [0.2, 0.25) is 9.30 Å². The Hall–Kier alpha value is -0.130. The zero-order valence-electron chi connectivity index (χ0n) is 7.04. The van der Waals surface area contributed by atoms with E-state index in [1.807, 2.05) is 12.1 Å². The first-order valence-corrected chi connectivity index (χ1v) is 5.19. The van der Waals surface area contributed by atoms with Gasteiger partial charge in [-0.3, -0.25) is 0 Å². The Morgan fingerprint density at radius 3 is 2.77 bits per heavy atom. The highest BCUT2D eigenvalue weighted by molar-refractivity contribution is 9.25.